The third-order valence-electron chi connectivity index (χ3n) is 4.46. The number of aromatic carboxylic acids is 1. The van der Waals surface area contributed by atoms with Gasteiger partial charge in [-0.3, -0.25) is 4.90 Å². The van der Waals surface area contributed by atoms with Crippen LogP contribution < -0.4 is 4.74 Å². The molecule has 0 aromatic heterocycles. The summed E-state index contributed by atoms with van der Waals surface area (Å²) in [6, 6.07) is 6.47. The van der Waals surface area contributed by atoms with Crippen molar-refractivity contribution >= 4 is 15.8 Å². The summed E-state index contributed by atoms with van der Waals surface area (Å²) in [5.41, 5.74) is 0.194. The Hall–Kier alpha value is -1.64. The number of hydrogen-bond acceptors (Lipinski definition) is 6. The summed E-state index contributed by atoms with van der Waals surface area (Å²) < 4.78 is 34.2. The second kappa shape index (κ2) is 9.89. The highest BCUT2D eigenvalue weighted by Gasteiger charge is 2.31. The highest BCUT2D eigenvalue weighted by Crippen LogP contribution is 2.19. The molecule has 1 fully saturated rings. The fourth-order valence-electron chi connectivity index (χ4n) is 3.13. The van der Waals surface area contributed by atoms with E-state index >= 15 is 0 Å². The van der Waals surface area contributed by atoms with E-state index < -0.39 is 15.8 Å². The zero-order valence-electron chi connectivity index (χ0n) is 15.1. The summed E-state index contributed by atoms with van der Waals surface area (Å²) in [4.78, 5) is 13.2. The van der Waals surface area contributed by atoms with Crippen LogP contribution in [0.15, 0.2) is 24.3 Å². The molecular weight excluding hydrogens is 358 g/mol. The van der Waals surface area contributed by atoms with Crippen LogP contribution in [0.3, 0.4) is 0 Å². The lowest BCUT2D eigenvalue weighted by atomic mass is 10.2. The van der Waals surface area contributed by atoms with E-state index in [0.29, 0.717) is 25.4 Å². The Morgan fingerprint density at radius 2 is 2.00 bits per heavy atom. The first-order valence-electron chi connectivity index (χ1n) is 8.81. The van der Waals surface area contributed by atoms with Gasteiger partial charge in [0.05, 0.1) is 23.7 Å². The van der Waals surface area contributed by atoms with Crippen molar-refractivity contribution in [1.82, 2.24) is 4.90 Å². The van der Waals surface area contributed by atoms with Crippen LogP contribution in [-0.2, 0) is 14.6 Å². The molecule has 8 heteroatoms. The number of nitrogens with zero attached hydrogens (tertiary/aromatic N) is 1. The van der Waals surface area contributed by atoms with Gasteiger partial charge in [-0.15, -0.1) is 0 Å². The van der Waals surface area contributed by atoms with E-state index in [2.05, 4.69) is 4.90 Å². The molecule has 1 aromatic carbocycles. The minimum absolute atomic E-state index is 0.0622. The smallest absolute Gasteiger partial charge is 0.335 e. The monoisotopic (exact) mass is 385 g/mol. The summed E-state index contributed by atoms with van der Waals surface area (Å²) in [6.07, 6.45) is 2.27. The van der Waals surface area contributed by atoms with Crippen LogP contribution in [0.4, 0.5) is 0 Å². The molecule has 1 aliphatic heterocycles. The van der Waals surface area contributed by atoms with Crippen LogP contribution in [0.5, 0.6) is 5.75 Å². The maximum Gasteiger partial charge on any atom is 0.335 e. The van der Waals surface area contributed by atoms with Crippen molar-refractivity contribution in [1.29, 1.82) is 0 Å². The molecule has 1 aromatic rings. The van der Waals surface area contributed by atoms with Gasteiger partial charge in [0.25, 0.3) is 0 Å². The molecule has 0 saturated carbocycles. The number of hydrogen-bond donors (Lipinski definition) is 1. The van der Waals surface area contributed by atoms with Crippen LogP contribution >= 0.6 is 0 Å². The third kappa shape index (κ3) is 6.59. The highest BCUT2D eigenvalue weighted by molar-refractivity contribution is 7.91. The van der Waals surface area contributed by atoms with E-state index in [1.807, 2.05) is 0 Å². The van der Waals surface area contributed by atoms with E-state index in [9.17, 15) is 13.2 Å². The van der Waals surface area contributed by atoms with E-state index in [-0.39, 0.29) is 23.1 Å². The van der Waals surface area contributed by atoms with Gasteiger partial charge in [0.2, 0.25) is 0 Å². The van der Waals surface area contributed by atoms with Gasteiger partial charge in [0, 0.05) is 32.8 Å². The normalized spacial score (nSPS) is 18.9. The minimum atomic E-state index is -2.92. The summed E-state index contributed by atoms with van der Waals surface area (Å²) >= 11 is 0. The van der Waals surface area contributed by atoms with Crippen molar-refractivity contribution in [3.63, 3.8) is 0 Å². The quantitative estimate of drug-likeness (QED) is 0.579. The van der Waals surface area contributed by atoms with Crippen LogP contribution in [0.1, 0.15) is 29.6 Å². The van der Waals surface area contributed by atoms with E-state index in [4.69, 9.17) is 14.6 Å². The van der Waals surface area contributed by atoms with Gasteiger partial charge in [0.15, 0.2) is 9.84 Å². The van der Waals surface area contributed by atoms with Crippen molar-refractivity contribution in [3.8, 4) is 5.75 Å². The zero-order valence-corrected chi connectivity index (χ0v) is 15.9. The molecule has 0 amide bonds. The minimum Gasteiger partial charge on any atom is -0.494 e. The van der Waals surface area contributed by atoms with Gasteiger partial charge in [0.1, 0.15) is 5.75 Å². The fraction of sp³-hybridized carbons (Fsp3) is 0.611. The number of carbonyl (C=O) groups is 1. The number of carboxylic acid groups (broad SMARTS) is 1. The predicted octanol–water partition coefficient (Wildman–Crippen LogP) is 1.68. The van der Waals surface area contributed by atoms with Gasteiger partial charge >= 0.3 is 5.97 Å². The molecule has 0 bridgehead atoms. The van der Waals surface area contributed by atoms with Crippen molar-refractivity contribution in [3.05, 3.63) is 29.8 Å². The largest absolute Gasteiger partial charge is 0.494 e. The molecule has 1 atom stereocenters. The van der Waals surface area contributed by atoms with Gasteiger partial charge in [-0.2, -0.15) is 0 Å². The Kier molecular flexibility index (Phi) is 7.86. The maximum atomic E-state index is 11.8. The number of carboxylic acids is 1. The molecule has 0 aliphatic carbocycles. The molecule has 7 nitrogen and oxygen atoms in total. The van der Waals surface area contributed by atoms with Crippen LogP contribution in [0.25, 0.3) is 0 Å². The van der Waals surface area contributed by atoms with Crippen LogP contribution in [0, 0.1) is 0 Å². The average molecular weight is 385 g/mol. The molecule has 1 saturated heterocycles. The number of rotatable bonds is 11. The first-order valence-corrected chi connectivity index (χ1v) is 10.6. The number of ether oxygens (including phenoxy) is 2. The predicted molar refractivity (Wildman–Crippen MR) is 98.6 cm³/mol. The number of benzene rings is 1. The molecule has 146 valence electrons. The Labute approximate surface area is 154 Å². The van der Waals surface area contributed by atoms with Crippen molar-refractivity contribution in [2.45, 2.75) is 25.3 Å². The second-order valence-electron chi connectivity index (χ2n) is 6.47. The molecule has 1 N–H and O–H groups in total. The summed E-state index contributed by atoms with van der Waals surface area (Å²) in [5.74, 6) is 0.0276. The molecule has 26 heavy (non-hydrogen) atoms. The Morgan fingerprint density at radius 3 is 2.62 bits per heavy atom. The lowest BCUT2D eigenvalue weighted by Gasteiger charge is -2.28. The maximum absolute atomic E-state index is 11.8. The SMILES string of the molecule is COCCCN(CCCOc1cccc(C(=O)O)c1)C1CCS(=O)(=O)C1. The van der Waals surface area contributed by atoms with Crippen LogP contribution in [-0.4, -0.2) is 75.4 Å². The highest BCUT2D eigenvalue weighted by atomic mass is 32.2. The molecule has 2 rings (SSSR count). The van der Waals surface area contributed by atoms with Crippen LogP contribution in [0.2, 0.25) is 0 Å². The first kappa shape index (κ1) is 20.7. The Balaban J connectivity index is 1.82. The topological polar surface area (TPSA) is 93.1 Å². The lowest BCUT2D eigenvalue weighted by molar-refractivity contribution is 0.0696. The lowest BCUT2D eigenvalue weighted by Crippen LogP contribution is -2.38. The first-order chi connectivity index (χ1) is 12.4. The molecule has 1 heterocycles. The number of methoxy groups -OCH3 is 1. The molecule has 0 radical (unpaired) electrons. The van der Waals surface area contributed by atoms with E-state index in [1.54, 1.807) is 19.2 Å². The average Bonchev–Trinajstić information content (AvgIpc) is 2.97. The van der Waals surface area contributed by atoms with Crippen molar-refractivity contribution < 1.29 is 27.8 Å². The Morgan fingerprint density at radius 1 is 1.27 bits per heavy atom. The van der Waals surface area contributed by atoms with Gasteiger partial charge in [-0.25, -0.2) is 13.2 Å². The molecule has 0 spiro atoms. The van der Waals surface area contributed by atoms with Crippen molar-refractivity contribution in [2.75, 3.05) is 44.9 Å². The van der Waals surface area contributed by atoms with Gasteiger partial charge in [-0.1, -0.05) is 6.07 Å². The van der Waals surface area contributed by atoms with Gasteiger partial charge < -0.3 is 14.6 Å². The zero-order chi connectivity index (χ0) is 19.0. The second-order valence-corrected chi connectivity index (χ2v) is 8.70. The number of sulfone groups is 1. The summed E-state index contributed by atoms with van der Waals surface area (Å²) in [7, 11) is -1.26. The van der Waals surface area contributed by atoms with Gasteiger partial charge in [-0.05, 0) is 37.5 Å². The molecular formula is C18H27NO6S. The van der Waals surface area contributed by atoms with Crippen molar-refractivity contribution in [2.24, 2.45) is 0 Å². The summed E-state index contributed by atoms with van der Waals surface area (Å²) in [6.45, 7) is 2.63. The van der Waals surface area contributed by atoms with E-state index in [1.165, 1.54) is 12.1 Å². The van der Waals surface area contributed by atoms with E-state index in [0.717, 1.165) is 25.9 Å². The fourth-order valence-corrected chi connectivity index (χ4v) is 4.89. The summed E-state index contributed by atoms with van der Waals surface area (Å²) in [5, 5.41) is 9.00. The molecule has 1 unspecified atom stereocenters. The third-order valence-corrected chi connectivity index (χ3v) is 6.21. The molecule has 1 aliphatic rings. The standard InChI is InChI=1S/C18H27NO6S/c1-24-10-3-8-19(16-7-12-26(22,23)14-16)9-4-11-25-17-6-2-5-15(13-17)18(20)21/h2,5-6,13,16H,3-4,7-12,14H2,1H3,(H,20,21). The Bertz CT molecular complexity index is 691.